The molecule has 0 aromatic heterocycles. The summed E-state index contributed by atoms with van der Waals surface area (Å²) >= 11 is 0. The lowest BCUT2D eigenvalue weighted by atomic mass is 9.76. The van der Waals surface area contributed by atoms with Crippen LogP contribution in [0, 0.1) is 5.92 Å². The molecule has 3 rings (SSSR count). The van der Waals surface area contributed by atoms with Crippen LogP contribution in [-0.2, 0) is 25.6 Å². The van der Waals surface area contributed by atoms with Gasteiger partial charge >= 0.3 is 12.1 Å². The number of hydrogen-bond acceptors (Lipinski definition) is 6. The molecule has 8 nitrogen and oxygen atoms in total. The minimum Gasteiger partial charge on any atom is -0.466 e. The minimum absolute atomic E-state index is 0.168. The number of benzene rings is 1. The van der Waals surface area contributed by atoms with Crippen LogP contribution in [0.5, 0.6) is 0 Å². The van der Waals surface area contributed by atoms with Crippen molar-refractivity contribution in [2.45, 2.75) is 57.7 Å². The molecule has 8 heteroatoms. The molecular formula is C23H32N2O6. The van der Waals surface area contributed by atoms with E-state index in [2.05, 4.69) is 0 Å². The van der Waals surface area contributed by atoms with Crippen LogP contribution < -0.4 is 0 Å². The molecule has 0 saturated carbocycles. The van der Waals surface area contributed by atoms with Crippen LogP contribution in [0.1, 0.15) is 45.1 Å². The summed E-state index contributed by atoms with van der Waals surface area (Å²) in [7, 11) is 0. The summed E-state index contributed by atoms with van der Waals surface area (Å²) in [6, 6.07) is 9.48. The van der Waals surface area contributed by atoms with Crippen molar-refractivity contribution in [2.75, 3.05) is 26.3 Å². The third kappa shape index (κ3) is 4.69. The Labute approximate surface area is 183 Å². The molecule has 2 amide bonds. The molecule has 1 N–H and O–H groups in total. The maximum Gasteiger partial charge on any atom is 0.409 e. The largest absolute Gasteiger partial charge is 0.466 e. The Morgan fingerprint density at radius 3 is 2.42 bits per heavy atom. The lowest BCUT2D eigenvalue weighted by Crippen LogP contribution is -2.58. The number of carbonyl (C=O) groups excluding carboxylic acids is 3. The van der Waals surface area contributed by atoms with Crippen LogP contribution in [0.3, 0.4) is 0 Å². The van der Waals surface area contributed by atoms with Crippen molar-refractivity contribution in [3.8, 4) is 0 Å². The molecule has 0 radical (unpaired) electrons. The number of aliphatic hydroxyl groups excluding tert-OH is 1. The van der Waals surface area contributed by atoms with E-state index in [1.165, 1.54) is 0 Å². The number of esters is 1. The van der Waals surface area contributed by atoms with Gasteiger partial charge in [-0.05, 0) is 31.7 Å². The summed E-state index contributed by atoms with van der Waals surface area (Å²) in [5.41, 5.74) is 0.00652. The topological polar surface area (TPSA) is 96.4 Å². The molecule has 170 valence electrons. The molecule has 1 aromatic carbocycles. The third-order valence-electron chi connectivity index (χ3n) is 6.29. The maximum absolute atomic E-state index is 13.1. The summed E-state index contributed by atoms with van der Waals surface area (Å²) in [4.78, 5) is 41.5. The number of ether oxygens (including phenoxy) is 2. The first-order valence-electron chi connectivity index (χ1n) is 11.1. The molecule has 0 aliphatic carbocycles. The quantitative estimate of drug-likeness (QED) is 0.525. The Hall–Kier alpha value is -2.61. The van der Waals surface area contributed by atoms with Crippen molar-refractivity contribution in [3.63, 3.8) is 0 Å². The third-order valence-corrected chi connectivity index (χ3v) is 6.29. The number of likely N-dealkylation sites (tertiary alicyclic amines) is 2. The minimum atomic E-state index is -1.45. The Morgan fingerprint density at radius 1 is 1.13 bits per heavy atom. The molecule has 2 heterocycles. The SMILES string of the molecule is CCCCOC(=O)N1CCC2(CC1)[C@@H](C(=O)OCC)[C@@H](O)C(=O)N2Cc1ccccc1. The zero-order chi connectivity index (χ0) is 22.4. The number of hydrogen-bond donors (Lipinski definition) is 1. The average molecular weight is 433 g/mol. The number of nitrogens with zero attached hydrogens (tertiary/aromatic N) is 2. The highest BCUT2D eigenvalue weighted by Crippen LogP contribution is 2.45. The standard InChI is InChI=1S/C23H32N2O6/c1-3-5-15-31-22(29)24-13-11-23(12-14-24)18(21(28)30-4-2)19(26)20(27)25(23)16-17-9-7-6-8-10-17/h6-10,18-19,26H,3-5,11-16H2,1-2H3/t18-,19-/m1/s1. The summed E-state index contributed by atoms with van der Waals surface area (Å²) in [6.07, 6.45) is 0.650. The van der Waals surface area contributed by atoms with Crippen LogP contribution in [-0.4, -0.2) is 70.8 Å². The maximum atomic E-state index is 13.1. The second-order valence-corrected chi connectivity index (χ2v) is 8.14. The highest BCUT2D eigenvalue weighted by molar-refractivity contribution is 5.93. The summed E-state index contributed by atoms with van der Waals surface area (Å²) in [5, 5.41) is 10.7. The fourth-order valence-electron chi connectivity index (χ4n) is 4.62. The molecule has 2 atom stereocenters. The molecule has 31 heavy (non-hydrogen) atoms. The highest BCUT2D eigenvalue weighted by Gasteiger charge is 2.62. The number of carbonyl (C=O) groups is 3. The van der Waals surface area contributed by atoms with Gasteiger partial charge in [-0.25, -0.2) is 4.79 Å². The predicted molar refractivity (Wildman–Crippen MR) is 113 cm³/mol. The van der Waals surface area contributed by atoms with Gasteiger partial charge in [-0.1, -0.05) is 43.7 Å². The molecule has 1 aromatic rings. The van der Waals surface area contributed by atoms with Gasteiger partial charge in [0.1, 0.15) is 12.0 Å². The number of amides is 2. The lowest BCUT2D eigenvalue weighted by Gasteiger charge is -2.46. The van der Waals surface area contributed by atoms with E-state index in [0.29, 0.717) is 32.5 Å². The van der Waals surface area contributed by atoms with E-state index in [1.807, 2.05) is 37.3 Å². The van der Waals surface area contributed by atoms with Crippen molar-refractivity contribution in [3.05, 3.63) is 35.9 Å². The van der Waals surface area contributed by atoms with E-state index in [0.717, 1.165) is 18.4 Å². The molecule has 1 spiro atoms. The van der Waals surface area contributed by atoms with Gasteiger partial charge in [-0.3, -0.25) is 9.59 Å². The van der Waals surface area contributed by atoms with Crippen LogP contribution in [0.15, 0.2) is 30.3 Å². The van der Waals surface area contributed by atoms with Crippen LogP contribution in [0.4, 0.5) is 4.79 Å². The molecular weight excluding hydrogens is 400 g/mol. The number of rotatable bonds is 7. The fourth-order valence-corrected chi connectivity index (χ4v) is 4.62. The first-order valence-corrected chi connectivity index (χ1v) is 11.1. The second kappa shape index (κ2) is 10.1. The van der Waals surface area contributed by atoms with Crippen molar-refractivity contribution in [1.82, 2.24) is 9.80 Å². The van der Waals surface area contributed by atoms with Gasteiger partial charge in [-0.2, -0.15) is 0 Å². The zero-order valence-electron chi connectivity index (χ0n) is 18.3. The Bertz CT molecular complexity index is 776. The van der Waals surface area contributed by atoms with Crippen molar-refractivity contribution in [1.29, 1.82) is 0 Å². The van der Waals surface area contributed by atoms with E-state index >= 15 is 0 Å². The van der Waals surface area contributed by atoms with Gasteiger partial charge < -0.3 is 24.4 Å². The predicted octanol–water partition coefficient (Wildman–Crippen LogP) is 2.34. The molecule has 0 unspecified atom stereocenters. The van der Waals surface area contributed by atoms with E-state index < -0.39 is 29.4 Å². The number of unbranched alkanes of at least 4 members (excludes halogenated alkanes) is 1. The molecule has 2 fully saturated rings. The lowest BCUT2D eigenvalue weighted by molar-refractivity contribution is -0.156. The zero-order valence-corrected chi connectivity index (χ0v) is 18.3. The van der Waals surface area contributed by atoms with Gasteiger partial charge in [0.25, 0.3) is 5.91 Å². The molecule has 2 aliphatic heterocycles. The van der Waals surface area contributed by atoms with E-state index in [4.69, 9.17) is 9.47 Å². The van der Waals surface area contributed by atoms with E-state index in [1.54, 1.807) is 16.7 Å². The monoisotopic (exact) mass is 432 g/mol. The Balaban J connectivity index is 1.83. The van der Waals surface area contributed by atoms with Crippen molar-refractivity contribution < 1.29 is 29.0 Å². The molecule has 0 bridgehead atoms. The first-order chi connectivity index (χ1) is 14.9. The van der Waals surface area contributed by atoms with Crippen molar-refractivity contribution in [2.24, 2.45) is 5.92 Å². The molecule has 2 aliphatic rings. The van der Waals surface area contributed by atoms with Gasteiger partial charge in [0.15, 0.2) is 0 Å². The second-order valence-electron chi connectivity index (χ2n) is 8.14. The number of piperidine rings is 1. The van der Waals surface area contributed by atoms with E-state index in [-0.39, 0.29) is 19.2 Å². The van der Waals surface area contributed by atoms with Gasteiger partial charge in [0.05, 0.1) is 18.8 Å². The molecule has 2 saturated heterocycles. The number of aliphatic hydroxyl groups is 1. The highest BCUT2D eigenvalue weighted by atomic mass is 16.6. The van der Waals surface area contributed by atoms with Gasteiger partial charge in [0, 0.05) is 19.6 Å². The summed E-state index contributed by atoms with van der Waals surface area (Å²) in [6.45, 7) is 5.23. The summed E-state index contributed by atoms with van der Waals surface area (Å²) < 4.78 is 10.5. The van der Waals surface area contributed by atoms with E-state index in [9.17, 15) is 19.5 Å². The smallest absolute Gasteiger partial charge is 0.409 e. The fraction of sp³-hybridized carbons (Fsp3) is 0.609. The Morgan fingerprint density at radius 2 is 1.81 bits per heavy atom. The van der Waals surface area contributed by atoms with Crippen LogP contribution in [0.25, 0.3) is 0 Å². The summed E-state index contributed by atoms with van der Waals surface area (Å²) in [5.74, 6) is -2.03. The van der Waals surface area contributed by atoms with Crippen LogP contribution in [0.2, 0.25) is 0 Å². The van der Waals surface area contributed by atoms with Crippen molar-refractivity contribution >= 4 is 18.0 Å². The van der Waals surface area contributed by atoms with Gasteiger partial charge in [0.2, 0.25) is 0 Å². The average Bonchev–Trinajstić information content (AvgIpc) is 2.96. The first kappa shape index (κ1) is 23.1. The van der Waals surface area contributed by atoms with Crippen LogP contribution >= 0.6 is 0 Å². The van der Waals surface area contributed by atoms with Gasteiger partial charge in [-0.15, -0.1) is 0 Å². The Kier molecular flexibility index (Phi) is 7.54. The normalized spacial score (nSPS) is 22.6.